The van der Waals surface area contributed by atoms with Gasteiger partial charge in [0.1, 0.15) is 0 Å². The molecular formula is C23H32O6P2S. The summed E-state index contributed by atoms with van der Waals surface area (Å²) in [6, 6.07) is 17.4. The summed E-state index contributed by atoms with van der Waals surface area (Å²) in [5.74, 6) is -1.06. The van der Waals surface area contributed by atoms with Crippen LogP contribution in [0.2, 0.25) is 0 Å². The Balaban J connectivity index is 1.98. The maximum Gasteiger partial charge on any atom is 0.364 e. The summed E-state index contributed by atoms with van der Waals surface area (Å²) in [5.41, 5.74) is 2.37. The quantitative estimate of drug-likeness (QED) is 0.336. The van der Waals surface area contributed by atoms with E-state index < -0.39 is 20.2 Å². The highest BCUT2D eigenvalue weighted by molar-refractivity contribution is 8.07. The van der Waals surface area contributed by atoms with E-state index in [9.17, 15) is 4.57 Å². The first-order chi connectivity index (χ1) is 15.1. The molecule has 1 saturated heterocycles. The maximum atomic E-state index is 13.8. The lowest BCUT2D eigenvalue weighted by molar-refractivity contribution is -0.0416. The molecule has 0 N–H and O–H groups in total. The fraction of sp³-hybridized carbons (Fsp3) is 0.478. The van der Waals surface area contributed by atoms with Gasteiger partial charge < -0.3 is 13.6 Å². The zero-order valence-electron chi connectivity index (χ0n) is 19.2. The summed E-state index contributed by atoms with van der Waals surface area (Å²) >= 11 is 5.78. The highest BCUT2D eigenvalue weighted by Crippen LogP contribution is 2.71. The van der Waals surface area contributed by atoms with E-state index in [2.05, 4.69) is 13.8 Å². The van der Waals surface area contributed by atoms with E-state index in [4.69, 9.17) is 34.4 Å². The molecule has 1 unspecified atom stereocenters. The first kappa shape index (κ1) is 25.7. The van der Waals surface area contributed by atoms with Crippen LogP contribution in [-0.2, 0) is 39.0 Å². The van der Waals surface area contributed by atoms with E-state index in [0.717, 1.165) is 11.1 Å². The van der Waals surface area contributed by atoms with Gasteiger partial charge in [-0.3, -0.25) is 13.6 Å². The van der Waals surface area contributed by atoms with Gasteiger partial charge in [-0.15, -0.1) is 0 Å². The zero-order valence-corrected chi connectivity index (χ0v) is 21.8. The van der Waals surface area contributed by atoms with Crippen molar-refractivity contribution in [3.63, 3.8) is 0 Å². The van der Waals surface area contributed by atoms with Gasteiger partial charge in [-0.05, 0) is 43.7 Å². The summed E-state index contributed by atoms with van der Waals surface area (Å²) in [6.07, 6.45) is -0.333. The highest BCUT2D eigenvalue weighted by Gasteiger charge is 2.48. The molecule has 3 rings (SSSR count). The molecule has 0 saturated carbocycles. The van der Waals surface area contributed by atoms with E-state index in [1.165, 1.54) is 0 Å². The molecule has 1 aliphatic heterocycles. The molecule has 2 aromatic carbocycles. The zero-order chi connectivity index (χ0) is 23.4. The molecule has 1 fully saturated rings. The van der Waals surface area contributed by atoms with Crippen LogP contribution in [0, 0.1) is 12.3 Å². The molecule has 0 aromatic heterocycles. The van der Waals surface area contributed by atoms with E-state index in [0.29, 0.717) is 12.2 Å². The average Bonchev–Trinajstić information content (AvgIpc) is 2.76. The van der Waals surface area contributed by atoms with Crippen LogP contribution in [0.1, 0.15) is 56.3 Å². The lowest BCUT2D eigenvalue weighted by Gasteiger charge is -2.43. The molecule has 3 atom stereocenters. The van der Waals surface area contributed by atoms with Gasteiger partial charge in [0, 0.05) is 5.41 Å². The molecule has 0 aliphatic carbocycles. The molecule has 0 amide bonds. The van der Waals surface area contributed by atoms with E-state index >= 15 is 0 Å². The summed E-state index contributed by atoms with van der Waals surface area (Å²) in [4.78, 5) is 0. The van der Waals surface area contributed by atoms with Crippen LogP contribution in [0.15, 0.2) is 54.6 Å². The second kappa shape index (κ2) is 10.6. The highest BCUT2D eigenvalue weighted by atomic mass is 32.5. The summed E-state index contributed by atoms with van der Waals surface area (Å²) in [6.45, 7) is 7.08. The van der Waals surface area contributed by atoms with Crippen molar-refractivity contribution in [2.45, 2.75) is 46.6 Å². The Morgan fingerprint density at radius 3 is 2.25 bits per heavy atom. The minimum atomic E-state index is -3.72. The topological polar surface area (TPSA) is 63.2 Å². The Hall–Kier alpha value is -0.880. The summed E-state index contributed by atoms with van der Waals surface area (Å²) < 4.78 is 43.7. The predicted octanol–water partition coefficient (Wildman–Crippen LogP) is 7.32. The molecule has 32 heavy (non-hydrogen) atoms. The lowest BCUT2D eigenvalue weighted by Crippen LogP contribution is -2.33. The number of hydrogen-bond donors (Lipinski definition) is 0. The normalized spacial score (nSPS) is 24.2. The summed E-state index contributed by atoms with van der Waals surface area (Å²) in [7, 11) is -3.72. The van der Waals surface area contributed by atoms with Crippen LogP contribution in [-0.4, -0.2) is 19.8 Å². The minimum Gasteiger partial charge on any atom is -0.308 e. The molecule has 0 radical (unpaired) electrons. The largest absolute Gasteiger partial charge is 0.364 e. The predicted molar refractivity (Wildman–Crippen MR) is 130 cm³/mol. The van der Waals surface area contributed by atoms with Gasteiger partial charge in [-0.25, -0.2) is 0 Å². The Kier molecular flexibility index (Phi) is 8.51. The van der Waals surface area contributed by atoms with E-state index in [1.54, 1.807) is 13.8 Å². The van der Waals surface area contributed by atoms with Gasteiger partial charge in [-0.1, -0.05) is 74.0 Å². The molecular weight excluding hydrogens is 466 g/mol. The Labute approximate surface area is 196 Å². The standard InChI is InChI=1S/C23H32O6P2S/c1-6-25-30(24,26-7-2)22(20-15-13-18(3)14-16-20)29-31(32)27-17-23(4,5)21(28-31)19-11-9-8-10-12-19/h8-16,21-22H,6-7,17H2,1-5H3/t21-,22?,31+/m0/s1. The first-order valence-corrected chi connectivity index (χ1v) is 14.9. The van der Waals surface area contributed by atoms with Crippen LogP contribution < -0.4 is 0 Å². The number of rotatable bonds is 9. The maximum absolute atomic E-state index is 13.8. The molecule has 176 valence electrons. The van der Waals surface area contributed by atoms with Crippen LogP contribution in [0.4, 0.5) is 0 Å². The van der Waals surface area contributed by atoms with Crippen molar-refractivity contribution >= 4 is 26.1 Å². The van der Waals surface area contributed by atoms with Gasteiger partial charge in [-0.2, -0.15) is 0 Å². The molecule has 2 aromatic rings. The third-order valence-electron chi connectivity index (χ3n) is 5.14. The molecule has 1 aliphatic rings. The second-order valence-electron chi connectivity index (χ2n) is 8.35. The number of hydrogen-bond acceptors (Lipinski definition) is 7. The molecule has 0 spiro atoms. The van der Waals surface area contributed by atoms with Crippen molar-refractivity contribution in [2.24, 2.45) is 5.41 Å². The molecule has 9 heteroatoms. The SMILES string of the molecule is CCOP(=O)(OCC)C(O[P@@]1(=S)OCC(C)(C)[C@H](c2ccccc2)O1)c1ccc(C)cc1. The fourth-order valence-electron chi connectivity index (χ4n) is 3.51. The van der Waals surface area contributed by atoms with Crippen LogP contribution in [0.3, 0.4) is 0 Å². The number of aryl methyl sites for hydroxylation is 1. The minimum absolute atomic E-state index is 0.202. The van der Waals surface area contributed by atoms with Crippen molar-refractivity contribution in [3.8, 4) is 0 Å². The van der Waals surface area contributed by atoms with Gasteiger partial charge in [0.05, 0.1) is 25.9 Å². The first-order valence-electron chi connectivity index (χ1n) is 10.7. The summed E-state index contributed by atoms with van der Waals surface area (Å²) in [5, 5.41) is 0. The molecule has 0 bridgehead atoms. The van der Waals surface area contributed by atoms with Gasteiger partial charge in [0.15, 0.2) is 5.85 Å². The Morgan fingerprint density at radius 2 is 1.69 bits per heavy atom. The molecule has 6 nitrogen and oxygen atoms in total. The van der Waals surface area contributed by atoms with Crippen molar-refractivity contribution < 1.29 is 27.2 Å². The lowest BCUT2D eigenvalue weighted by atomic mass is 9.83. The monoisotopic (exact) mass is 498 g/mol. The molecule has 1 heterocycles. The Bertz CT molecular complexity index is 970. The Morgan fingerprint density at radius 1 is 1.09 bits per heavy atom. The van der Waals surface area contributed by atoms with Crippen LogP contribution in [0.25, 0.3) is 0 Å². The third-order valence-corrected chi connectivity index (χ3v) is 9.73. The van der Waals surface area contributed by atoms with Gasteiger partial charge >= 0.3 is 14.3 Å². The van der Waals surface area contributed by atoms with E-state index in [-0.39, 0.29) is 24.7 Å². The van der Waals surface area contributed by atoms with Crippen LogP contribution >= 0.6 is 14.3 Å². The van der Waals surface area contributed by atoms with Gasteiger partial charge in [0.25, 0.3) is 0 Å². The third kappa shape index (κ3) is 5.97. The van der Waals surface area contributed by atoms with Crippen molar-refractivity contribution in [1.29, 1.82) is 0 Å². The van der Waals surface area contributed by atoms with Gasteiger partial charge in [0.2, 0.25) is 0 Å². The van der Waals surface area contributed by atoms with Crippen LogP contribution in [0.5, 0.6) is 0 Å². The van der Waals surface area contributed by atoms with Crippen molar-refractivity contribution in [1.82, 2.24) is 0 Å². The van der Waals surface area contributed by atoms with E-state index in [1.807, 2.05) is 61.5 Å². The second-order valence-corrected chi connectivity index (χ2v) is 13.3. The van der Waals surface area contributed by atoms with Crippen molar-refractivity contribution in [3.05, 3.63) is 71.3 Å². The smallest absolute Gasteiger partial charge is 0.308 e. The number of benzene rings is 2. The fourth-order valence-corrected chi connectivity index (χ4v) is 8.50. The van der Waals surface area contributed by atoms with Crippen molar-refractivity contribution in [2.75, 3.05) is 19.8 Å². The average molecular weight is 499 g/mol.